The Balaban J connectivity index is 1.96. The zero-order chi connectivity index (χ0) is 15.4. The summed E-state index contributed by atoms with van der Waals surface area (Å²) in [4.78, 5) is 15.7. The van der Waals surface area contributed by atoms with Gasteiger partial charge >= 0.3 is 5.97 Å². The van der Waals surface area contributed by atoms with Crippen LogP contribution >= 0.6 is 0 Å². The minimum absolute atomic E-state index is 0.0000635. The molecule has 7 nitrogen and oxygen atoms in total. The molecule has 0 amide bonds. The van der Waals surface area contributed by atoms with Crippen molar-refractivity contribution in [1.82, 2.24) is 14.8 Å². The lowest BCUT2D eigenvalue weighted by Gasteiger charge is -2.06. The van der Waals surface area contributed by atoms with Gasteiger partial charge in [-0.1, -0.05) is 0 Å². The molecule has 0 spiro atoms. The number of hydrogen-bond acceptors (Lipinski definition) is 6. The molecule has 0 bridgehead atoms. The van der Waals surface area contributed by atoms with Crippen molar-refractivity contribution in [2.45, 2.75) is 27.0 Å². The summed E-state index contributed by atoms with van der Waals surface area (Å²) < 4.78 is 6.67. The minimum Gasteiger partial charge on any atom is -0.459 e. The summed E-state index contributed by atoms with van der Waals surface area (Å²) >= 11 is 0. The standard InChI is InChI=1S/C14H15N5O2/c1-9-14(16)10(2)19(18-9)7-13(20)21-8-11-3-4-17-12(5-11)6-15/h3-5H,7-8,16H2,1-2H3. The highest BCUT2D eigenvalue weighted by Gasteiger charge is 2.12. The zero-order valence-electron chi connectivity index (χ0n) is 11.8. The van der Waals surface area contributed by atoms with Gasteiger partial charge in [-0.15, -0.1) is 0 Å². The topological polar surface area (TPSA) is 107 Å². The molecule has 0 saturated heterocycles. The monoisotopic (exact) mass is 285 g/mol. The molecule has 2 heterocycles. The van der Waals surface area contributed by atoms with E-state index in [-0.39, 0.29) is 18.8 Å². The predicted molar refractivity (Wildman–Crippen MR) is 74.9 cm³/mol. The van der Waals surface area contributed by atoms with Crippen molar-refractivity contribution >= 4 is 11.7 Å². The Morgan fingerprint density at radius 2 is 2.29 bits per heavy atom. The molecule has 2 aromatic heterocycles. The number of carbonyl (C=O) groups is 1. The highest BCUT2D eigenvalue weighted by Crippen LogP contribution is 2.14. The van der Waals surface area contributed by atoms with Crippen LogP contribution in [0.25, 0.3) is 0 Å². The number of aryl methyl sites for hydroxylation is 1. The number of hydrogen-bond donors (Lipinski definition) is 1. The van der Waals surface area contributed by atoms with E-state index in [1.54, 1.807) is 26.0 Å². The second kappa shape index (κ2) is 6.05. The Kier molecular flexibility index (Phi) is 4.18. The van der Waals surface area contributed by atoms with Crippen molar-refractivity contribution in [3.05, 3.63) is 41.0 Å². The molecule has 2 aromatic rings. The molecular formula is C14H15N5O2. The number of esters is 1. The first kappa shape index (κ1) is 14.5. The summed E-state index contributed by atoms with van der Waals surface area (Å²) in [6.45, 7) is 3.67. The van der Waals surface area contributed by atoms with Crippen LogP contribution in [0.1, 0.15) is 22.6 Å². The van der Waals surface area contributed by atoms with Crippen molar-refractivity contribution in [2.24, 2.45) is 0 Å². The lowest BCUT2D eigenvalue weighted by Crippen LogP contribution is -2.15. The van der Waals surface area contributed by atoms with Crippen molar-refractivity contribution in [1.29, 1.82) is 5.26 Å². The molecule has 0 fully saturated rings. The maximum absolute atomic E-state index is 11.8. The van der Waals surface area contributed by atoms with Gasteiger partial charge in [0.2, 0.25) is 0 Å². The second-order valence-electron chi connectivity index (χ2n) is 4.56. The molecule has 2 N–H and O–H groups in total. The Labute approximate surface area is 122 Å². The molecule has 0 saturated carbocycles. The van der Waals surface area contributed by atoms with Crippen LogP contribution in [0, 0.1) is 25.2 Å². The fourth-order valence-corrected chi connectivity index (χ4v) is 1.82. The average Bonchev–Trinajstić information content (AvgIpc) is 2.72. The number of nitrogens with zero attached hydrogens (tertiary/aromatic N) is 4. The van der Waals surface area contributed by atoms with Crippen LogP contribution in [0.5, 0.6) is 0 Å². The fraction of sp³-hybridized carbons (Fsp3) is 0.286. The Hall–Kier alpha value is -2.88. The van der Waals surface area contributed by atoms with E-state index >= 15 is 0 Å². The van der Waals surface area contributed by atoms with E-state index in [1.165, 1.54) is 10.9 Å². The van der Waals surface area contributed by atoms with Gasteiger partial charge in [-0.05, 0) is 31.5 Å². The summed E-state index contributed by atoms with van der Waals surface area (Å²) in [6, 6.07) is 5.20. The van der Waals surface area contributed by atoms with Gasteiger partial charge in [-0.25, -0.2) is 4.98 Å². The van der Waals surface area contributed by atoms with Crippen molar-refractivity contribution in [2.75, 3.05) is 5.73 Å². The van der Waals surface area contributed by atoms with Crippen LogP contribution in [-0.2, 0) is 22.7 Å². The fourth-order valence-electron chi connectivity index (χ4n) is 1.82. The molecule has 0 radical (unpaired) electrons. The smallest absolute Gasteiger partial charge is 0.328 e. The summed E-state index contributed by atoms with van der Waals surface area (Å²) in [5, 5.41) is 12.9. The van der Waals surface area contributed by atoms with E-state index in [0.29, 0.717) is 16.9 Å². The van der Waals surface area contributed by atoms with E-state index in [0.717, 1.165) is 5.69 Å². The van der Waals surface area contributed by atoms with E-state index in [4.69, 9.17) is 15.7 Å². The van der Waals surface area contributed by atoms with Gasteiger partial charge in [0, 0.05) is 6.20 Å². The number of anilines is 1. The van der Waals surface area contributed by atoms with E-state index < -0.39 is 5.97 Å². The van der Waals surface area contributed by atoms with Gasteiger partial charge in [0.05, 0.1) is 17.1 Å². The molecule has 0 aliphatic heterocycles. The van der Waals surface area contributed by atoms with Gasteiger partial charge in [0.1, 0.15) is 24.9 Å². The number of pyridine rings is 1. The Morgan fingerprint density at radius 1 is 1.52 bits per heavy atom. The molecule has 0 atom stereocenters. The van der Waals surface area contributed by atoms with Crippen LogP contribution < -0.4 is 5.73 Å². The summed E-state index contributed by atoms with van der Waals surface area (Å²) in [7, 11) is 0. The SMILES string of the molecule is Cc1nn(CC(=O)OCc2ccnc(C#N)c2)c(C)c1N. The summed E-state index contributed by atoms with van der Waals surface area (Å²) in [5.41, 5.74) is 8.80. The molecule has 0 aliphatic rings. The first-order chi connectivity index (χ1) is 10.0. The average molecular weight is 285 g/mol. The predicted octanol–water partition coefficient (Wildman–Crippen LogP) is 1.09. The minimum atomic E-state index is -0.420. The Bertz CT molecular complexity index is 715. The third-order valence-electron chi connectivity index (χ3n) is 3.06. The molecule has 2 rings (SSSR count). The number of carbonyl (C=O) groups excluding carboxylic acids is 1. The van der Waals surface area contributed by atoms with Crippen molar-refractivity contribution in [3.8, 4) is 6.07 Å². The lowest BCUT2D eigenvalue weighted by atomic mass is 10.2. The van der Waals surface area contributed by atoms with Crippen LogP contribution in [0.3, 0.4) is 0 Å². The van der Waals surface area contributed by atoms with Crippen LogP contribution in [-0.4, -0.2) is 20.7 Å². The highest BCUT2D eigenvalue weighted by molar-refractivity contribution is 5.69. The molecular weight excluding hydrogens is 270 g/mol. The van der Waals surface area contributed by atoms with Gasteiger partial charge in [-0.2, -0.15) is 10.4 Å². The third kappa shape index (κ3) is 3.36. The van der Waals surface area contributed by atoms with Gasteiger partial charge < -0.3 is 10.5 Å². The molecule has 0 aromatic carbocycles. The first-order valence-corrected chi connectivity index (χ1v) is 6.31. The van der Waals surface area contributed by atoms with Gasteiger partial charge in [0.25, 0.3) is 0 Å². The van der Waals surface area contributed by atoms with Crippen molar-refractivity contribution in [3.63, 3.8) is 0 Å². The van der Waals surface area contributed by atoms with E-state index in [9.17, 15) is 4.79 Å². The number of nitrogen functional groups attached to an aromatic ring is 1. The zero-order valence-corrected chi connectivity index (χ0v) is 11.8. The number of aromatic nitrogens is 3. The number of nitrogens with two attached hydrogens (primary N) is 1. The normalized spacial score (nSPS) is 10.1. The Morgan fingerprint density at radius 3 is 2.90 bits per heavy atom. The quantitative estimate of drug-likeness (QED) is 0.843. The largest absolute Gasteiger partial charge is 0.459 e. The van der Waals surface area contributed by atoms with Crippen LogP contribution in [0.2, 0.25) is 0 Å². The van der Waals surface area contributed by atoms with E-state index in [1.807, 2.05) is 6.07 Å². The lowest BCUT2D eigenvalue weighted by molar-refractivity contribution is -0.145. The van der Waals surface area contributed by atoms with Gasteiger partial charge in [-0.3, -0.25) is 9.48 Å². The maximum Gasteiger partial charge on any atom is 0.328 e. The maximum atomic E-state index is 11.8. The number of ether oxygens (including phenoxy) is 1. The second-order valence-corrected chi connectivity index (χ2v) is 4.56. The number of rotatable bonds is 4. The molecule has 108 valence electrons. The summed E-state index contributed by atoms with van der Waals surface area (Å²) in [6.07, 6.45) is 1.50. The third-order valence-corrected chi connectivity index (χ3v) is 3.06. The number of nitriles is 1. The first-order valence-electron chi connectivity index (χ1n) is 6.31. The molecule has 0 aliphatic carbocycles. The molecule has 0 unspecified atom stereocenters. The van der Waals surface area contributed by atoms with Crippen LogP contribution in [0.4, 0.5) is 5.69 Å². The van der Waals surface area contributed by atoms with Crippen molar-refractivity contribution < 1.29 is 9.53 Å². The molecule has 7 heteroatoms. The summed E-state index contributed by atoms with van der Waals surface area (Å²) in [5.74, 6) is -0.420. The molecule has 21 heavy (non-hydrogen) atoms. The highest BCUT2D eigenvalue weighted by atomic mass is 16.5. The van der Waals surface area contributed by atoms with Gasteiger partial charge in [0.15, 0.2) is 0 Å². The van der Waals surface area contributed by atoms with E-state index in [2.05, 4.69) is 10.1 Å². The van der Waals surface area contributed by atoms with Crippen LogP contribution in [0.15, 0.2) is 18.3 Å².